The second kappa shape index (κ2) is 6.47. The van der Waals surface area contributed by atoms with E-state index in [1.165, 1.54) is 12.3 Å². The van der Waals surface area contributed by atoms with E-state index in [0.717, 1.165) is 38.4 Å². The van der Waals surface area contributed by atoms with Crippen LogP contribution in [-0.2, 0) is 11.3 Å². The number of carbonyl (C=O) groups excluding carboxylic acids is 1. The lowest BCUT2D eigenvalue weighted by Crippen LogP contribution is -2.35. The molecule has 0 unspecified atom stereocenters. The number of rotatable bonds is 4. The second-order valence-corrected chi connectivity index (χ2v) is 4.78. The van der Waals surface area contributed by atoms with Crippen LogP contribution >= 0.6 is 0 Å². The summed E-state index contributed by atoms with van der Waals surface area (Å²) in [6.07, 6.45) is 3.13. The van der Waals surface area contributed by atoms with E-state index in [4.69, 9.17) is 4.74 Å². The third-order valence-electron chi connectivity index (χ3n) is 3.25. The standard InChI is InChI=1S/C14H16N4O3/c19-14(12-3-6-21-17-12)16-13-2-1-11(9-15-13)10-18-4-7-20-8-5-18/h1-3,6,9H,4-5,7-8,10H2,(H,15,16,19). The summed E-state index contributed by atoms with van der Waals surface area (Å²) < 4.78 is 9.95. The number of nitrogens with zero attached hydrogens (tertiary/aromatic N) is 3. The Kier molecular flexibility index (Phi) is 4.23. The number of amides is 1. The van der Waals surface area contributed by atoms with Crippen LogP contribution in [0, 0.1) is 0 Å². The first-order chi connectivity index (χ1) is 10.3. The molecule has 1 aliphatic rings. The topological polar surface area (TPSA) is 80.5 Å². The Hall–Kier alpha value is -2.25. The third kappa shape index (κ3) is 3.65. The van der Waals surface area contributed by atoms with E-state index in [-0.39, 0.29) is 11.6 Å². The van der Waals surface area contributed by atoms with E-state index < -0.39 is 0 Å². The average Bonchev–Trinajstić information content (AvgIpc) is 3.05. The van der Waals surface area contributed by atoms with Crippen molar-refractivity contribution in [2.45, 2.75) is 6.54 Å². The van der Waals surface area contributed by atoms with Crippen molar-refractivity contribution in [3.63, 3.8) is 0 Å². The summed E-state index contributed by atoms with van der Waals surface area (Å²) in [7, 11) is 0. The van der Waals surface area contributed by atoms with Gasteiger partial charge in [-0.3, -0.25) is 9.69 Å². The van der Waals surface area contributed by atoms with E-state index in [9.17, 15) is 4.79 Å². The fourth-order valence-electron chi connectivity index (χ4n) is 2.12. The van der Waals surface area contributed by atoms with Crippen LogP contribution in [0.2, 0.25) is 0 Å². The smallest absolute Gasteiger partial charge is 0.278 e. The molecule has 2 aromatic rings. The first kappa shape index (κ1) is 13.7. The van der Waals surface area contributed by atoms with Crippen molar-refractivity contribution in [2.24, 2.45) is 0 Å². The number of anilines is 1. The number of hydrogen-bond donors (Lipinski definition) is 1. The van der Waals surface area contributed by atoms with Crippen LogP contribution in [0.4, 0.5) is 5.82 Å². The van der Waals surface area contributed by atoms with Crippen molar-refractivity contribution in [2.75, 3.05) is 31.6 Å². The molecule has 0 atom stereocenters. The maximum absolute atomic E-state index is 11.8. The maximum atomic E-state index is 11.8. The molecule has 1 fully saturated rings. The molecule has 1 aliphatic heterocycles. The van der Waals surface area contributed by atoms with Crippen LogP contribution in [-0.4, -0.2) is 47.3 Å². The molecule has 1 N–H and O–H groups in total. The molecule has 1 saturated heterocycles. The van der Waals surface area contributed by atoms with Gasteiger partial charge in [0, 0.05) is 31.9 Å². The molecule has 7 heteroatoms. The molecule has 3 rings (SSSR count). The van der Waals surface area contributed by atoms with Gasteiger partial charge < -0.3 is 14.6 Å². The minimum Gasteiger partial charge on any atom is -0.379 e. The number of carbonyl (C=O) groups is 1. The Morgan fingerprint density at radius 1 is 1.29 bits per heavy atom. The van der Waals surface area contributed by atoms with E-state index in [0.29, 0.717) is 5.82 Å². The van der Waals surface area contributed by atoms with E-state index in [2.05, 4.69) is 24.9 Å². The quantitative estimate of drug-likeness (QED) is 0.909. The van der Waals surface area contributed by atoms with Crippen LogP contribution in [0.5, 0.6) is 0 Å². The normalized spacial score (nSPS) is 15.8. The predicted octanol–water partition coefficient (Wildman–Crippen LogP) is 1.15. The van der Waals surface area contributed by atoms with Gasteiger partial charge in [0.25, 0.3) is 5.91 Å². The van der Waals surface area contributed by atoms with Gasteiger partial charge in [-0.15, -0.1) is 0 Å². The Morgan fingerprint density at radius 2 is 2.14 bits per heavy atom. The molecule has 0 radical (unpaired) electrons. The van der Waals surface area contributed by atoms with Gasteiger partial charge in [-0.05, 0) is 11.6 Å². The molecule has 0 bridgehead atoms. The number of hydrogen-bond acceptors (Lipinski definition) is 6. The fraction of sp³-hybridized carbons (Fsp3) is 0.357. The number of nitrogens with one attached hydrogen (secondary N) is 1. The Morgan fingerprint density at radius 3 is 2.81 bits per heavy atom. The van der Waals surface area contributed by atoms with Crippen LogP contribution in [0.15, 0.2) is 35.2 Å². The molecule has 0 saturated carbocycles. The first-order valence-electron chi connectivity index (χ1n) is 6.78. The fourth-order valence-corrected chi connectivity index (χ4v) is 2.12. The van der Waals surface area contributed by atoms with Crippen molar-refractivity contribution in [1.82, 2.24) is 15.0 Å². The van der Waals surface area contributed by atoms with E-state index in [1.54, 1.807) is 12.3 Å². The number of morpholine rings is 1. The number of aromatic nitrogens is 2. The van der Waals surface area contributed by atoms with Crippen molar-refractivity contribution in [1.29, 1.82) is 0 Å². The van der Waals surface area contributed by atoms with Crippen molar-refractivity contribution >= 4 is 11.7 Å². The van der Waals surface area contributed by atoms with Crippen molar-refractivity contribution in [3.8, 4) is 0 Å². The second-order valence-electron chi connectivity index (χ2n) is 4.78. The molecule has 110 valence electrons. The lowest BCUT2D eigenvalue weighted by Gasteiger charge is -2.26. The molecule has 0 spiro atoms. The molecule has 21 heavy (non-hydrogen) atoms. The monoisotopic (exact) mass is 288 g/mol. The van der Waals surface area contributed by atoms with Gasteiger partial charge in [0.1, 0.15) is 12.1 Å². The van der Waals surface area contributed by atoms with Gasteiger partial charge in [-0.1, -0.05) is 11.2 Å². The average molecular weight is 288 g/mol. The zero-order valence-corrected chi connectivity index (χ0v) is 11.5. The highest BCUT2D eigenvalue weighted by atomic mass is 16.5. The van der Waals surface area contributed by atoms with Gasteiger partial charge in [0.15, 0.2) is 5.69 Å². The molecular formula is C14H16N4O3. The summed E-state index contributed by atoms with van der Waals surface area (Å²) in [4.78, 5) is 18.3. The SMILES string of the molecule is O=C(Nc1ccc(CN2CCOCC2)cn1)c1ccon1. The Balaban J connectivity index is 1.57. The number of ether oxygens (including phenoxy) is 1. The van der Waals surface area contributed by atoms with Crippen LogP contribution < -0.4 is 5.32 Å². The van der Waals surface area contributed by atoms with Crippen LogP contribution in [0.3, 0.4) is 0 Å². The molecule has 3 heterocycles. The first-order valence-corrected chi connectivity index (χ1v) is 6.78. The largest absolute Gasteiger partial charge is 0.379 e. The van der Waals surface area contributed by atoms with Crippen LogP contribution in [0.1, 0.15) is 16.1 Å². The summed E-state index contributed by atoms with van der Waals surface area (Å²) in [6, 6.07) is 5.25. The highest BCUT2D eigenvalue weighted by molar-refractivity contribution is 6.02. The van der Waals surface area contributed by atoms with Crippen LogP contribution in [0.25, 0.3) is 0 Å². The molecule has 1 amide bonds. The molecular weight excluding hydrogens is 272 g/mol. The van der Waals surface area contributed by atoms with Gasteiger partial charge in [0.05, 0.1) is 13.2 Å². The van der Waals surface area contributed by atoms with Gasteiger partial charge in [-0.2, -0.15) is 0 Å². The minimum atomic E-state index is -0.336. The summed E-state index contributed by atoms with van der Waals surface area (Å²) in [5.74, 6) is 0.158. The third-order valence-corrected chi connectivity index (χ3v) is 3.25. The molecule has 0 aromatic carbocycles. The summed E-state index contributed by atoms with van der Waals surface area (Å²) in [5.41, 5.74) is 1.34. The summed E-state index contributed by atoms with van der Waals surface area (Å²) in [6.45, 7) is 4.27. The van der Waals surface area contributed by atoms with Crippen molar-refractivity contribution < 1.29 is 14.1 Å². The zero-order valence-electron chi connectivity index (χ0n) is 11.5. The zero-order chi connectivity index (χ0) is 14.5. The Labute approximate surface area is 121 Å². The van der Waals surface area contributed by atoms with E-state index >= 15 is 0 Å². The summed E-state index contributed by atoms with van der Waals surface area (Å²) in [5, 5.41) is 6.24. The number of pyridine rings is 1. The minimum absolute atomic E-state index is 0.231. The molecule has 2 aromatic heterocycles. The lowest BCUT2D eigenvalue weighted by atomic mass is 10.2. The predicted molar refractivity (Wildman–Crippen MR) is 74.8 cm³/mol. The van der Waals surface area contributed by atoms with E-state index in [1.807, 2.05) is 6.07 Å². The molecule has 7 nitrogen and oxygen atoms in total. The maximum Gasteiger partial charge on any atom is 0.278 e. The summed E-state index contributed by atoms with van der Waals surface area (Å²) >= 11 is 0. The van der Waals surface area contributed by atoms with Gasteiger partial charge in [0.2, 0.25) is 0 Å². The van der Waals surface area contributed by atoms with Gasteiger partial charge >= 0.3 is 0 Å². The van der Waals surface area contributed by atoms with Crippen molar-refractivity contribution in [3.05, 3.63) is 41.9 Å². The van der Waals surface area contributed by atoms with Gasteiger partial charge in [-0.25, -0.2) is 4.98 Å². The molecule has 0 aliphatic carbocycles. The highest BCUT2D eigenvalue weighted by Gasteiger charge is 2.12. The lowest BCUT2D eigenvalue weighted by molar-refractivity contribution is 0.0341. The Bertz CT molecular complexity index is 577. The highest BCUT2D eigenvalue weighted by Crippen LogP contribution is 2.10.